The Morgan fingerprint density at radius 2 is 1.80 bits per heavy atom. The molecular formula is C20H19FIN3. The summed E-state index contributed by atoms with van der Waals surface area (Å²) >= 11 is 2.31. The quantitative estimate of drug-likeness (QED) is 0.576. The van der Waals surface area contributed by atoms with E-state index in [-0.39, 0.29) is 5.82 Å². The first-order chi connectivity index (χ1) is 12.2. The number of anilines is 1. The zero-order valence-electron chi connectivity index (χ0n) is 13.8. The van der Waals surface area contributed by atoms with Gasteiger partial charge in [-0.15, -0.1) is 0 Å². The van der Waals surface area contributed by atoms with Gasteiger partial charge in [-0.2, -0.15) is 5.10 Å². The fourth-order valence-corrected chi connectivity index (χ4v) is 3.64. The monoisotopic (exact) mass is 447 g/mol. The number of fused-ring (bicyclic) bond motifs is 1. The van der Waals surface area contributed by atoms with Crippen molar-refractivity contribution in [1.29, 1.82) is 0 Å². The van der Waals surface area contributed by atoms with Crippen molar-refractivity contribution in [2.75, 3.05) is 11.9 Å². The zero-order chi connectivity index (χ0) is 17.2. The Morgan fingerprint density at radius 1 is 1.04 bits per heavy atom. The molecule has 0 spiro atoms. The first kappa shape index (κ1) is 16.6. The molecule has 3 nitrogen and oxygen atoms in total. The van der Waals surface area contributed by atoms with Crippen molar-refractivity contribution < 1.29 is 4.39 Å². The molecule has 128 valence electrons. The summed E-state index contributed by atoms with van der Waals surface area (Å²) in [5.41, 5.74) is 4.52. The van der Waals surface area contributed by atoms with E-state index in [0.29, 0.717) is 0 Å². The van der Waals surface area contributed by atoms with Crippen LogP contribution in [0.4, 0.5) is 10.2 Å². The van der Waals surface area contributed by atoms with Crippen molar-refractivity contribution >= 4 is 28.4 Å². The summed E-state index contributed by atoms with van der Waals surface area (Å²) in [4.78, 5) is 0. The summed E-state index contributed by atoms with van der Waals surface area (Å²) in [6.07, 6.45) is 4.08. The molecule has 5 heteroatoms. The Hall–Kier alpha value is -1.89. The minimum Gasteiger partial charge on any atom is -0.370 e. The van der Waals surface area contributed by atoms with Crippen LogP contribution in [0.25, 0.3) is 5.69 Å². The van der Waals surface area contributed by atoms with Gasteiger partial charge < -0.3 is 5.32 Å². The first-order valence-electron chi connectivity index (χ1n) is 8.56. The van der Waals surface area contributed by atoms with Gasteiger partial charge in [0.25, 0.3) is 0 Å². The molecule has 4 rings (SSSR count). The summed E-state index contributed by atoms with van der Waals surface area (Å²) in [5, 5.41) is 8.47. The lowest BCUT2D eigenvalue weighted by Crippen LogP contribution is -2.07. The number of nitrogens with one attached hydrogen (secondary N) is 1. The maximum atomic E-state index is 13.2. The van der Waals surface area contributed by atoms with Crippen molar-refractivity contribution in [2.45, 2.75) is 25.7 Å². The molecule has 1 aliphatic rings. The van der Waals surface area contributed by atoms with Gasteiger partial charge >= 0.3 is 0 Å². The van der Waals surface area contributed by atoms with Crippen molar-refractivity contribution in [3.8, 4) is 5.69 Å². The molecule has 1 aliphatic heterocycles. The van der Waals surface area contributed by atoms with E-state index in [4.69, 9.17) is 5.10 Å². The standard InChI is InChI=1S/C20H19FIN3/c21-15-6-4-14(5-7-15)13-19-18-3-1-2-12-23-20(18)25(24-19)17-10-8-16(22)9-11-17/h4-11,23H,1-3,12-13H2. The smallest absolute Gasteiger partial charge is 0.133 e. The SMILES string of the molecule is Fc1ccc(Cc2nn(-c3ccc(I)cc3)c3c2CCCCN3)cc1. The fraction of sp³-hybridized carbons (Fsp3) is 0.250. The van der Waals surface area contributed by atoms with Crippen LogP contribution in [-0.2, 0) is 12.8 Å². The van der Waals surface area contributed by atoms with E-state index in [0.717, 1.165) is 55.0 Å². The highest BCUT2D eigenvalue weighted by Crippen LogP contribution is 2.29. The van der Waals surface area contributed by atoms with E-state index in [1.165, 1.54) is 21.3 Å². The number of benzene rings is 2. The molecular weight excluding hydrogens is 428 g/mol. The highest BCUT2D eigenvalue weighted by atomic mass is 127. The van der Waals surface area contributed by atoms with Crippen LogP contribution < -0.4 is 5.32 Å². The fourth-order valence-electron chi connectivity index (χ4n) is 3.28. The van der Waals surface area contributed by atoms with Crippen molar-refractivity contribution in [3.05, 3.63) is 74.7 Å². The number of aromatic nitrogens is 2. The highest BCUT2D eigenvalue weighted by molar-refractivity contribution is 14.1. The minimum atomic E-state index is -0.200. The molecule has 0 saturated carbocycles. The van der Waals surface area contributed by atoms with Gasteiger partial charge in [0.15, 0.2) is 0 Å². The number of nitrogens with zero attached hydrogens (tertiary/aromatic N) is 2. The van der Waals surface area contributed by atoms with Crippen LogP contribution in [0.5, 0.6) is 0 Å². The average Bonchev–Trinajstić information content (AvgIpc) is 2.80. The van der Waals surface area contributed by atoms with Crippen LogP contribution in [0.2, 0.25) is 0 Å². The van der Waals surface area contributed by atoms with Gasteiger partial charge in [-0.3, -0.25) is 0 Å². The molecule has 0 aliphatic carbocycles. The predicted molar refractivity (Wildman–Crippen MR) is 107 cm³/mol. The minimum absolute atomic E-state index is 0.200. The normalized spacial score (nSPS) is 13.8. The van der Waals surface area contributed by atoms with Gasteiger partial charge in [-0.25, -0.2) is 9.07 Å². The molecule has 0 unspecified atom stereocenters. The number of hydrogen-bond donors (Lipinski definition) is 1. The molecule has 1 aromatic heterocycles. The third-order valence-corrected chi connectivity index (χ3v) is 5.29. The maximum Gasteiger partial charge on any atom is 0.133 e. The highest BCUT2D eigenvalue weighted by Gasteiger charge is 2.20. The third kappa shape index (κ3) is 3.56. The molecule has 0 radical (unpaired) electrons. The van der Waals surface area contributed by atoms with Gasteiger partial charge in [0.05, 0.1) is 11.4 Å². The Morgan fingerprint density at radius 3 is 2.56 bits per heavy atom. The van der Waals surface area contributed by atoms with Gasteiger partial charge in [-0.1, -0.05) is 12.1 Å². The molecule has 2 aromatic carbocycles. The average molecular weight is 447 g/mol. The molecule has 0 amide bonds. The van der Waals surface area contributed by atoms with Gasteiger partial charge in [0.1, 0.15) is 11.6 Å². The van der Waals surface area contributed by atoms with Crippen molar-refractivity contribution in [3.63, 3.8) is 0 Å². The second-order valence-corrected chi connectivity index (χ2v) is 7.59. The van der Waals surface area contributed by atoms with Crippen LogP contribution in [0.3, 0.4) is 0 Å². The molecule has 0 fully saturated rings. The molecule has 25 heavy (non-hydrogen) atoms. The molecule has 3 aromatic rings. The van der Waals surface area contributed by atoms with Crippen LogP contribution in [0.15, 0.2) is 48.5 Å². The van der Waals surface area contributed by atoms with Crippen LogP contribution in [0, 0.1) is 9.39 Å². The lowest BCUT2D eigenvalue weighted by atomic mass is 10.0. The third-order valence-electron chi connectivity index (χ3n) is 4.57. The molecule has 0 bridgehead atoms. The number of rotatable bonds is 3. The summed E-state index contributed by atoms with van der Waals surface area (Å²) in [6.45, 7) is 0.971. The molecule has 1 N–H and O–H groups in total. The van der Waals surface area contributed by atoms with Crippen molar-refractivity contribution in [2.24, 2.45) is 0 Å². The van der Waals surface area contributed by atoms with Crippen LogP contribution in [-0.4, -0.2) is 16.3 Å². The summed E-state index contributed by atoms with van der Waals surface area (Å²) < 4.78 is 16.4. The van der Waals surface area contributed by atoms with E-state index in [1.54, 1.807) is 0 Å². The van der Waals surface area contributed by atoms with Crippen molar-refractivity contribution in [1.82, 2.24) is 9.78 Å². The van der Waals surface area contributed by atoms with Gasteiger partial charge in [-0.05, 0) is 83.8 Å². The van der Waals surface area contributed by atoms with Gasteiger partial charge in [0, 0.05) is 22.1 Å². The Bertz CT molecular complexity index is 869. The summed E-state index contributed by atoms with van der Waals surface area (Å²) in [6, 6.07) is 15.1. The maximum absolute atomic E-state index is 13.2. The first-order valence-corrected chi connectivity index (χ1v) is 9.63. The zero-order valence-corrected chi connectivity index (χ0v) is 16.0. The second kappa shape index (κ2) is 7.15. The lowest BCUT2D eigenvalue weighted by Gasteiger charge is -2.09. The largest absolute Gasteiger partial charge is 0.370 e. The predicted octanol–water partition coefficient (Wildman–Crippen LogP) is 4.96. The van der Waals surface area contributed by atoms with Crippen LogP contribution >= 0.6 is 22.6 Å². The molecule has 0 atom stereocenters. The van der Waals surface area contributed by atoms with E-state index in [1.807, 2.05) is 16.8 Å². The van der Waals surface area contributed by atoms with E-state index >= 15 is 0 Å². The molecule has 2 heterocycles. The lowest BCUT2D eigenvalue weighted by molar-refractivity contribution is 0.627. The summed E-state index contributed by atoms with van der Waals surface area (Å²) in [5.74, 6) is 0.907. The Labute approximate surface area is 160 Å². The van der Waals surface area contributed by atoms with E-state index in [2.05, 4.69) is 52.2 Å². The topological polar surface area (TPSA) is 29.9 Å². The van der Waals surface area contributed by atoms with Gasteiger partial charge in [0.2, 0.25) is 0 Å². The Kier molecular flexibility index (Phi) is 4.74. The van der Waals surface area contributed by atoms with Crippen LogP contribution in [0.1, 0.15) is 29.7 Å². The Balaban J connectivity index is 1.76. The van der Waals surface area contributed by atoms with E-state index in [9.17, 15) is 4.39 Å². The second-order valence-electron chi connectivity index (χ2n) is 6.35. The van der Waals surface area contributed by atoms with E-state index < -0.39 is 0 Å². The number of hydrogen-bond acceptors (Lipinski definition) is 2. The number of halogens is 2. The molecule has 0 saturated heterocycles. The summed E-state index contributed by atoms with van der Waals surface area (Å²) in [7, 11) is 0.